The van der Waals surface area contributed by atoms with E-state index in [9.17, 15) is 14.4 Å². The fourth-order valence-electron chi connectivity index (χ4n) is 5.01. The number of thiocarbonyl (C=S) groups is 1. The highest BCUT2D eigenvalue weighted by atomic mass is 32.2. The molecule has 7 nitrogen and oxygen atoms in total. The van der Waals surface area contributed by atoms with Crippen molar-refractivity contribution in [2.75, 3.05) is 26.7 Å². The van der Waals surface area contributed by atoms with Gasteiger partial charge in [-0.15, -0.1) is 0 Å². The molecule has 3 aliphatic heterocycles. The van der Waals surface area contributed by atoms with Gasteiger partial charge in [-0.3, -0.25) is 19.3 Å². The average molecular weight is 496 g/mol. The van der Waals surface area contributed by atoms with Crippen molar-refractivity contribution >= 4 is 46.2 Å². The molecule has 0 unspecified atom stereocenters. The maximum atomic E-state index is 13.1. The third-order valence-corrected chi connectivity index (χ3v) is 8.05. The van der Waals surface area contributed by atoms with Crippen molar-refractivity contribution in [2.24, 2.45) is 5.92 Å². The van der Waals surface area contributed by atoms with E-state index in [1.54, 1.807) is 19.2 Å². The molecular weight excluding hydrogens is 470 g/mol. The summed E-state index contributed by atoms with van der Waals surface area (Å²) in [5.74, 6) is 1.06. The van der Waals surface area contributed by atoms with Crippen molar-refractivity contribution in [3.8, 4) is 5.75 Å². The zero-order valence-electron chi connectivity index (χ0n) is 18.8. The van der Waals surface area contributed by atoms with E-state index in [1.807, 2.05) is 45.9 Å². The summed E-state index contributed by atoms with van der Waals surface area (Å²) in [6, 6.07) is 12.8. The molecule has 0 aliphatic carbocycles. The second kappa shape index (κ2) is 9.38. The van der Waals surface area contributed by atoms with Gasteiger partial charge < -0.3 is 14.2 Å². The molecule has 9 heteroatoms. The molecule has 2 amide bonds. The number of ether oxygens (including phenoxy) is 1. The lowest BCUT2D eigenvalue weighted by molar-refractivity contribution is -0.134. The van der Waals surface area contributed by atoms with Crippen molar-refractivity contribution in [3.63, 3.8) is 0 Å². The van der Waals surface area contributed by atoms with Gasteiger partial charge >= 0.3 is 0 Å². The number of hydrogen-bond donors (Lipinski definition) is 0. The van der Waals surface area contributed by atoms with Gasteiger partial charge in [-0.25, -0.2) is 0 Å². The van der Waals surface area contributed by atoms with Crippen LogP contribution in [-0.4, -0.2) is 57.2 Å². The Balaban J connectivity index is 1.22. The van der Waals surface area contributed by atoms with Gasteiger partial charge in [0.1, 0.15) is 10.1 Å². The van der Waals surface area contributed by atoms with Gasteiger partial charge in [0.15, 0.2) is 0 Å². The molecule has 2 saturated heterocycles. The maximum Gasteiger partial charge on any atom is 0.266 e. The van der Waals surface area contributed by atoms with E-state index in [1.165, 1.54) is 16.7 Å². The van der Waals surface area contributed by atoms with Crippen LogP contribution in [0.2, 0.25) is 0 Å². The molecule has 0 radical (unpaired) electrons. The second-order valence-corrected chi connectivity index (χ2v) is 10.5. The fraction of sp³-hybridized carbons (Fsp3) is 0.360. The molecule has 4 heterocycles. The Hall–Kier alpha value is -2.91. The lowest BCUT2D eigenvalue weighted by atomic mass is 9.83. The number of thioether (sulfide) groups is 1. The SMILES string of the molecule is COc1ccc(C=C2SC(=S)N(CCC(=O)N3C[C@H]4C[C@@H](C3)c3cccc(=O)n3C4)C2=O)cc1. The molecule has 5 rings (SSSR count). The van der Waals surface area contributed by atoms with Crippen LogP contribution in [0.5, 0.6) is 5.75 Å². The number of aromatic nitrogens is 1. The molecule has 2 aromatic rings. The van der Waals surface area contributed by atoms with Gasteiger partial charge in [-0.2, -0.15) is 0 Å². The summed E-state index contributed by atoms with van der Waals surface area (Å²) in [7, 11) is 1.61. The summed E-state index contributed by atoms with van der Waals surface area (Å²) < 4.78 is 7.50. The number of fused-ring (bicyclic) bond motifs is 4. The zero-order valence-corrected chi connectivity index (χ0v) is 20.4. The molecule has 1 aromatic carbocycles. The van der Waals surface area contributed by atoms with Crippen molar-refractivity contribution in [1.82, 2.24) is 14.4 Å². The van der Waals surface area contributed by atoms with Crippen LogP contribution in [-0.2, 0) is 16.1 Å². The highest BCUT2D eigenvalue weighted by Crippen LogP contribution is 2.36. The van der Waals surface area contributed by atoms with E-state index in [4.69, 9.17) is 17.0 Å². The minimum atomic E-state index is -0.164. The summed E-state index contributed by atoms with van der Waals surface area (Å²) in [6.45, 7) is 2.17. The Labute approximate surface area is 207 Å². The van der Waals surface area contributed by atoms with Gasteiger partial charge in [0.25, 0.3) is 11.5 Å². The summed E-state index contributed by atoms with van der Waals surface area (Å²) in [6.07, 6.45) is 3.03. The summed E-state index contributed by atoms with van der Waals surface area (Å²) in [5.41, 5.74) is 1.93. The molecule has 0 saturated carbocycles. The molecule has 0 spiro atoms. The van der Waals surface area contributed by atoms with Gasteiger partial charge in [0, 0.05) is 50.3 Å². The molecule has 34 heavy (non-hydrogen) atoms. The number of carbonyl (C=O) groups is 2. The van der Waals surface area contributed by atoms with Gasteiger partial charge in [-0.05, 0) is 42.2 Å². The number of rotatable bonds is 5. The highest BCUT2D eigenvalue weighted by Gasteiger charge is 2.37. The van der Waals surface area contributed by atoms with Crippen LogP contribution < -0.4 is 10.3 Å². The minimum Gasteiger partial charge on any atom is -0.497 e. The average Bonchev–Trinajstić information content (AvgIpc) is 3.10. The highest BCUT2D eigenvalue weighted by molar-refractivity contribution is 8.26. The third-order valence-electron chi connectivity index (χ3n) is 6.67. The Morgan fingerprint density at radius 3 is 2.71 bits per heavy atom. The first-order valence-corrected chi connectivity index (χ1v) is 12.5. The topological polar surface area (TPSA) is 71.8 Å². The van der Waals surface area contributed by atoms with Gasteiger partial charge in [0.05, 0.1) is 12.0 Å². The Bertz CT molecular complexity index is 1240. The number of carbonyl (C=O) groups excluding carboxylic acids is 2. The molecule has 2 bridgehead atoms. The quantitative estimate of drug-likeness (QED) is 0.469. The lowest BCUT2D eigenvalue weighted by Crippen LogP contribution is -2.49. The number of likely N-dealkylation sites (tertiary alicyclic amines) is 1. The molecule has 2 atom stereocenters. The largest absolute Gasteiger partial charge is 0.497 e. The van der Waals surface area contributed by atoms with Crippen LogP contribution in [0.3, 0.4) is 0 Å². The smallest absolute Gasteiger partial charge is 0.266 e. The first-order chi connectivity index (χ1) is 16.4. The van der Waals surface area contributed by atoms with Crippen LogP contribution in [0, 0.1) is 5.92 Å². The third kappa shape index (κ3) is 4.42. The van der Waals surface area contributed by atoms with Gasteiger partial charge in [-0.1, -0.05) is 42.2 Å². The first kappa shape index (κ1) is 22.9. The molecule has 176 valence electrons. The van der Waals surface area contributed by atoms with Crippen LogP contribution in [0.15, 0.2) is 52.2 Å². The van der Waals surface area contributed by atoms with Crippen molar-refractivity contribution in [1.29, 1.82) is 0 Å². The molecule has 3 aliphatic rings. The van der Waals surface area contributed by atoms with E-state index in [0.717, 1.165) is 23.4 Å². The number of pyridine rings is 1. The van der Waals surface area contributed by atoms with E-state index in [2.05, 4.69) is 0 Å². The number of nitrogens with zero attached hydrogens (tertiary/aromatic N) is 3. The van der Waals surface area contributed by atoms with Crippen molar-refractivity contribution in [2.45, 2.75) is 25.3 Å². The number of methoxy groups -OCH3 is 1. The monoisotopic (exact) mass is 495 g/mol. The van der Waals surface area contributed by atoms with E-state index in [0.29, 0.717) is 28.9 Å². The van der Waals surface area contributed by atoms with Gasteiger partial charge in [0.2, 0.25) is 5.91 Å². The second-order valence-electron chi connectivity index (χ2n) is 8.85. The summed E-state index contributed by atoms with van der Waals surface area (Å²) in [5, 5.41) is 0. The fourth-order valence-corrected chi connectivity index (χ4v) is 6.32. The maximum absolute atomic E-state index is 13.1. The number of amides is 2. The Morgan fingerprint density at radius 2 is 1.94 bits per heavy atom. The van der Waals surface area contributed by atoms with Crippen LogP contribution >= 0.6 is 24.0 Å². The minimum absolute atomic E-state index is 0.0228. The number of benzene rings is 1. The predicted molar refractivity (Wildman–Crippen MR) is 136 cm³/mol. The standard InChI is InChI=1S/C25H25N3O4S2/c1-32-19-7-5-16(6-8-19)12-21-24(31)27(25(33)34-21)10-9-22(29)26-13-17-11-18(15-26)20-3-2-4-23(30)28(20)14-17/h2-8,12,17-18H,9-11,13-15H2,1H3/t17-,18+/m1/s1. The predicted octanol–water partition coefficient (Wildman–Crippen LogP) is 3.09. The first-order valence-electron chi connectivity index (χ1n) is 11.3. The molecule has 2 fully saturated rings. The van der Waals surface area contributed by atoms with Crippen LogP contribution in [0.25, 0.3) is 6.08 Å². The van der Waals surface area contributed by atoms with Crippen LogP contribution in [0.4, 0.5) is 0 Å². The molecule has 1 aromatic heterocycles. The normalized spacial score (nSPS) is 22.8. The zero-order chi connectivity index (χ0) is 23.8. The van der Waals surface area contributed by atoms with E-state index < -0.39 is 0 Å². The Kier molecular flexibility index (Phi) is 6.31. The van der Waals surface area contributed by atoms with E-state index in [-0.39, 0.29) is 42.2 Å². The van der Waals surface area contributed by atoms with Crippen LogP contribution in [0.1, 0.15) is 30.0 Å². The Morgan fingerprint density at radius 1 is 1.15 bits per heavy atom. The van der Waals surface area contributed by atoms with Crippen molar-refractivity contribution < 1.29 is 14.3 Å². The summed E-state index contributed by atoms with van der Waals surface area (Å²) >= 11 is 6.69. The molecule has 0 N–H and O–H groups in total. The lowest BCUT2D eigenvalue weighted by Gasteiger charge is -2.42. The molecular formula is C25H25N3O4S2. The van der Waals surface area contributed by atoms with E-state index >= 15 is 0 Å². The van der Waals surface area contributed by atoms with Crippen molar-refractivity contribution in [3.05, 3.63) is 69.0 Å². The summed E-state index contributed by atoms with van der Waals surface area (Å²) in [4.78, 5) is 42.2. The number of piperidine rings is 1. The number of hydrogen-bond acceptors (Lipinski definition) is 6.